The highest BCUT2D eigenvalue weighted by atomic mass is 16.5. The van der Waals surface area contributed by atoms with E-state index in [1.54, 1.807) is 0 Å². The highest BCUT2D eigenvalue weighted by Gasteiger charge is 2.52. The lowest BCUT2D eigenvalue weighted by molar-refractivity contribution is 0.487. The van der Waals surface area contributed by atoms with Gasteiger partial charge in [0.15, 0.2) is 0 Å². The van der Waals surface area contributed by atoms with E-state index < -0.39 is 5.41 Å². The van der Waals surface area contributed by atoms with Crippen LogP contribution in [-0.2, 0) is 5.41 Å². The highest BCUT2D eigenvalue weighted by Crippen LogP contribution is 2.64. The molecule has 0 N–H and O–H groups in total. The molecular weight excluding hydrogens is 717 g/mol. The van der Waals surface area contributed by atoms with Gasteiger partial charge in [-0.1, -0.05) is 158 Å². The van der Waals surface area contributed by atoms with E-state index in [9.17, 15) is 0 Å². The van der Waals surface area contributed by atoms with Crippen LogP contribution >= 0.6 is 0 Å². The summed E-state index contributed by atoms with van der Waals surface area (Å²) in [5, 5.41) is 7.14. The molecule has 0 fully saturated rings. The lowest BCUT2D eigenvalue weighted by atomic mass is 9.70. The van der Waals surface area contributed by atoms with Gasteiger partial charge in [-0.15, -0.1) is 0 Å². The van der Waals surface area contributed by atoms with E-state index in [0.717, 1.165) is 60.9 Å². The molecule has 0 bridgehead atoms. The van der Waals surface area contributed by atoms with Crippen LogP contribution in [0.15, 0.2) is 199 Å². The van der Waals surface area contributed by atoms with Crippen LogP contribution < -0.4 is 4.74 Å². The van der Waals surface area contributed by atoms with Crippen molar-refractivity contribution in [3.63, 3.8) is 0 Å². The largest absolute Gasteiger partial charge is 0.456 e. The summed E-state index contributed by atoms with van der Waals surface area (Å²) in [7, 11) is 0. The Morgan fingerprint density at radius 2 is 0.949 bits per heavy atom. The third-order valence-corrected chi connectivity index (χ3v) is 13.5. The molecule has 1 spiro atoms. The molecule has 1 atom stereocenters. The van der Waals surface area contributed by atoms with Crippen LogP contribution in [0.5, 0.6) is 11.5 Å². The van der Waals surface area contributed by atoms with Crippen LogP contribution in [0.4, 0.5) is 0 Å². The molecule has 0 saturated carbocycles. The third kappa shape index (κ3) is 3.96. The summed E-state index contributed by atoms with van der Waals surface area (Å²) in [5.74, 6) is 1.76. The van der Waals surface area contributed by atoms with Gasteiger partial charge < -0.3 is 9.15 Å². The SMILES string of the molecule is c1ccc2c(c1)-c1ccc(-c3ccc4c(c3)-c3cccc5c(-c6cccc7oc8ccccc8c67)ccc(c35)O4)cc1C21c2ccccc2-c2c1ccc1ccccc21. The number of para-hydroxylation sites is 1. The van der Waals surface area contributed by atoms with E-state index in [1.165, 1.54) is 72.0 Å². The van der Waals surface area contributed by atoms with Gasteiger partial charge in [-0.05, 0) is 125 Å². The minimum atomic E-state index is -0.431. The summed E-state index contributed by atoms with van der Waals surface area (Å²) >= 11 is 0. The number of hydrogen-bond acceptors (Lipinski definition) is 2. The summed E-state index contributed by atoms with van der Waals surface area (Å²) in [4.78, 5) is 0. The third-order valence-electron chi connectivity index (χ3n) is 13.5. The summed E-state index contributed by atoms with van der Waals surface area (Å²) in [5.41, 5.74) is 19.0. The van der Waals surface area contributed by atoms with Gasteiger partial charge in [0.25, 0.3) is 0 Å². The Bertz CT molecular complexity index is 3660. The fourth-order valence-corrected chi connectivity index (χ4v) is 11.1. The number of benzene rings is 10. The first-order valence-electron chi connectivity index (χ1n) is 20.4. The second kappa shape index (κ2) is 11.2. The fourth-order valence-electron chi connectivity index (χ4n) is 11.1. The van der Waals surface area contributed by atoms with E-state index >= 15 is 0 Å². The van der Waals surface area contributed by atoms with Gasteiger partial charge in [-0.3, -0.25) is 0 Å². The van der Waals surface area contributed by atoms with Crippen LogP contribution in [0.3, 0.4) is 0 Å². The summed E-state index contributed by atoms with van der Waals surface area (Å²) in [6, 6.07) is 71.3. The Balaban J connectivity index is 0.967. The Kier molecular flexibility index (Phi) is 5.99. The van der Waals surface area contributed by atoms with Gasteiger partial charge in [0.2, 0.25) is 0 Å². The van der Waals surface area contributed by atoms with E-state index in [2.05, 4.69) is 182 Å². The molecule has 14 rings (SSSR count). The first-order valence-corrected chi connectivity index (χ1v) is 20.4. The van der Waals surface area contributed by atoms with Crippen molar-refractivity contribution in [1.82, 2.24) is 0 Å². The molecule has 1 aromatic heterocycles. The molecule has 1 unspecified atom stereocenters. The van der Waals surface area contributed by atoms with Crippen molar-refractivity contribution in [2.24, 2.45) is 0 Å². The maximum absolute atomic E-state index is 6.76. The fraction of sp³-hybridized carbons (Fsp3) is 0.0175. The standard InChI is InChI=1S/C57H32O2/c1-2-12-36-33(11-1)24-28-48-54(36)43-14-4-7-20-47(43)57(48)46-19-6-3-13-38(46)39-26-23-35(32-49(39)57)34-25-29-51-45(31-34)42-17-9-16-40-37(27-30-53(59-51)55(40)42)41-18-10-22-52-56(41)44-15-5-8-21-50(44)58-52/h1-32H. The predicted octanol–water partition coefficient (Wildman–Crippen LogP) is 15.3. The Morgan fingerprint density at radius 1 is 0.322 bits per heavy atom. The second-order valence-electron chi connectivity index (χ2n) is 16.2. The van der Waals surface area contributed by atoms with Crippen LogP contribution in [-0.4, -0.2) is 0 Å². The van der Waals surface area contributed by atoms with Crippen molar-refractivity contribution in [3.8, 4) is 67.1 Å². The van der Waals surface area contributed by atoms with Crippen LogP contribution in [0.2, 0.25) is 0 Å². The molecule has 0 radical (unpaired) electrons. The van der Waals surface area contributed by atoms with Crippen molar-refractivity contribution in [2.45, 2.75) is 5.41 Å². The molecule has 2 heterocycles. The van der Waals surface area contributed by atoms with E-state index in [0.29, 0.717) is 0 Å². The topological polar surface area (TPSA) is 22.4 Å². The summed E-state index contributed by atoms with van der Waals surface area (Å²) in [6.07, 6.45) is 0. The normalized spacial score (nSPS) is 15.3. The van der Waals surface area contributed by atoms with Crippen molar-refractivity contribution >= 4 is 43.5 Å². The molecule has 59 heavy (non-hydrogen) atoms. The first-order chi connectivity index (χ1) is 29.3. The lowest BCUT2D eigenvalue weighted by Crippen LogP contribution is -2.25. The van der Waals surface area contributed by atoms with Crippen LogP contribution in [0.1, 0.15) is 22.3 Å². The van der Waals surface area contributed by atoms with E-state index in [4.69, 9.17) is 9.15 Å². The molecule has 272 valence electrons. The van der Waals surface area contributed by atoms with Gasteiger partial charge in [0.1, 0.15) is 22.7 Å². The molecule has 10 aromatic carbocycles. The lowest BCUT2D eigenvalue weighted by Gasteiger charge is -2.31. The molecule has 2 aliphatic carbocycles. The van der Waals surface area contributed by atoms with Crippen LogP contribution in [0.25, 0.3) is 99.1 Å². The molecule has 1 aliphatic heterocycles. The molecule has 2 nitrogen and oxygen atoms in total. The van der Waals surface area contributed by atoms with Gasteiger partial charge in [0, 0.05) is 21.7 Å². The zero-order chi connectivity index (χ0) is 38.4. The Morgan fingerprint density at radius 3 is 1.86 bits per heavy atom. The maximum atomic E-state index is 6.76. The number of ether oxygens (including phenoxy) is 1. The van der Waals surface area contributed by atoms with Crippen molar-refractivity contribution in [3.05, 3.63) is 216 Å². The van der Waals surface area contributed by atoms with E-state index in [1.807, 2.05) is 12.1 Å². The van der Waals surface area contributed by atoms with E-state index in [-0.39, 0.29) is 0 Å². The first kappa shape index (κ1) is 31.4. The zero-order valence-electron chi connectivity index (χ0n) is 31.8. The molecule has 2 heteroatoms. The van der Waals surface area contributed by atoms with Crippen molar-refractivity contribution in [1.29, 1.82) is 0 Å². The Hall–Kier alpha value is -7.68. The maximum Gasteiger partial charge on any atom is 0.136 e. The predicted molar refractivity (Wildman–Crippen MR) is 241 cm³/mol. The zero-order valence-corrected chi connectivity index (χ0v) is 31.8. The minimum Gasteiger partial charge on any atom is -0.456 e. The number of rotatable bonds is 2. The average molecular weight is 749 g/mol. The second-order valence-corrected chi connectivity index (χ2v) is 16.2. The summed E-state index contributed by atoms with van der Waals surface area (Å²) < 4.78 is 13.1. The quantitative estimate of drug-likeness (QED) is 0.176. The van der Waals surface area contributed by atoms with Crippen LogP contribution in [0, 0.1) is 0 Å². The summed E-state index contributed by atoms with van der Waals surface area (Å²) in [6.45, 7) is 0. The minimum absolute atomic E-state index is 0.431. The molecule has 0 amide bonds. The van der Waals surface area contributed by atoms with Gasteiger partial charge >= 0.3 is 0 Å². The Labute approximate surface area is 340 Å². The monoisotopic (exact) mass is 748 g/mol. The molecule has 11 aromatic rings. The number of hydrogen-bond donors (Lipinski definition) is 0. The van der Waals surface area contributed by atoms with Gasteiger partial charge in [0.05, 0.1) is 5.41 Å². The van der Waals surface area contributed by atoms with Gasteiger partial charge in [-0.2, -0.15) is 0 Å². The number of fused-ring (bicyclic) bond motifs is 17. The van der Waals surface area contributed by atoms with Crippen molar-refractivity contribution < 1.29 is 9.15 Å². The van der Waals surface area contributed by atoms with Crippen molar-refractivity contribution in [2.75, 3.05) is 0 Å². The van der Waals surface area contributed by atoms with Gasteiger partial charge in [-0.25, -0.2) is 0 Å². The molecular formula is C57H32O2. The highest BCUT2D eigenvalue weighted by molar-refractivity contribution is 6.18. The number of furan rings is 1. The molecule has 0 saturated heterocycles. The molecule has 3 aliphatic rings. The average Bonchev–Trinajstić information content (AvgIpc) is 3.93. The smallest absolute Gasteiger partial charge is 0.136 e.